The number of anilines is 2. The fraction of sp³-hybridized carbons (Fsp3) is 0. The number of urea groups is 1. The predicted molar refractivity (Wildman–Crippen MR) is 96.6 cm³/mol. The predicted octanol–water partition coefficient (Wildman–Crippen LogP) is 3.66. The molecule has 0 bridgehead atoms. The maximum Gasteiger partial charge on any atom is 0.316 e. The molecule has 0 unspecified atom stereocenters. The van der Waals surface area contributed by atoms with Crippen molar-refractivity contribution in [2.75, 3.05) is 11.1 Å². The van der Waals surface area contributed by atoms with Crippen LogP contribution in [0.15, 0.2) is 54.9 Å². The fourth-order valence-corrected chi connectivity index (χ4v) is 2.32. The molecule has 2 heterocycles. The highest BCUT2D eigenvalue weighted by Gasteiger charge is 2.06. The summed E-state index contributed by atoms with van der Waals surface area (Å²) in [4.78, 5) is 18.9. The molecule has 0 fully saturated rings. The van der Waals surface area contributed by atoms with Crippen molar-refractivity contribution >= 4 is 29.1 Å². The van der Waals surface area contributed by atoms with Gasteiger partial charge in [-0.3, -0.25) is 0 Å². The van der Waals surface area contributed by atoms with Crippen LogP contribution in [-0.4, -0.2) is 16.0 Å². The largest absolute Gasteiger partial charge is 0.439 e. The second-order valence-electron chi connectivity index (χ2n) is 5.09. The molecule has 8 heteroatoms. The van der Waals surface area contributed by atoms with Gasteiger partial charge in [0, 0.05) is 17.8 Å². The van der Waals surface area contributed by atoms with Gasteiger partial charge >= 0.3 is 6.03 Å². The number of nitrogens with zero attached hydrogens (tertiary/aromatic N) is 2. The SMILES string of the molecule is NC(=O)Nc1ccc(Oc2ccc(-c3cc(Cl)cnc3N)cc2)nc1. The number of nitrogens with two attached hydrogens (primary N) is 2. The van der Waals surface area contributed by atoms with Crippen LogP contribution in [0.1, 0.15) is 0 Å². The second-order valence-corrected chi connectivity index (χ2v) is 5.52. The Morgan fingerprint density at radius 2 is 1.84 bits per heavy atom. The van der Waals surface area contributed by atoms with E-state index in [1.807, 2.05) is 12.1 Å². The van der Waals surface area contributed by atoms with Crippen molar-refractivity contribution < 1.29 is 9.53 Å². The third-order valence-corrected chi connectivity index (χ3v) is 3.48. The third kappa shape index (κ3) is 4.15. The van der Waals surface area contributed by atoms with Crippen molar-refractivity contribution in [2.24, 2.45) is 5.73 Å². The van der Waals surface area contributed by atoms with Crippen LogP contribution in [0.2, 0.25) is 5.02 Å². The van der Waals surface area contributed by atoms with E-state index in [2.05, 4.69) is 15.3 Å². The van der Waals surface area contributed by atoms with E-state index in [1.54, 1.807) is 30.3 Å². The molecular formula is C17H14ClN5O2. The molecule has 3 rings (SSSR count). The monoisotopic (exact) mass is 355 g/mol. The number of aromatic nitrogens is 2. The summed E-state index contributed by atoms with van der Waals surface area (Å²) in [7, 11) is 0. The van der Waals surface area contributed by atoms with Crippen molar-refractivity contribution in [1.29, 1.82) is 0 Å². The summed E-state index contributed by atoms with van der Waals surface area (Å²) >= 11 is 5.96. The van der Waals surface area contributed by atoms with Gasteiger partial charge in [-0.1, -0.05) is 23.7 Å². The first kappa shape index (κ1) is 16.5. The van der Waals surface area contributed by atoms with E-state index in [4.69, 9.17) is 27.8 Å². The van der Waals surface area contributed by atoms with Gasteiger partial charge in [0.25, 0.3) is 0 Å². The normalized spacial score (nSPS) is 10.3. The smallest absolute Gasteiger partial charge is 0.316 e. The molecule has 7 nitrogen and oxygen atoms in total. The van der Waals surface area contributed by atoms with Gasteiger partial charge in [-0.25, -0.2) is 14.8 Å². The van der Waals surface area contributed by atoms with Gasteiger partial charge < -0.3 is 21.5 Å². The number of nitrogens with one attached hydrogen (secondary N) is 1. The summed E-state index contributed by atoms with van der Waals surface area (Å²) in [6.45, 7) is 0. The van der Waals surface area contributed by atoms with Crippen LogP contribution in [0.4, 0.5) is 16.3 Å². The third-order valence-electron chi connectivity index (χ3n) is 3.28. The minimum atomic E-state index is -0.652. The molecule has 3 aromatic rings. The van der Waals surface area contributed by atoms with E-state index in [0.29, 0.717) is 28.2 Å². The summed E-state index contributed by atoms with van der Waals surface area (Å²) in [6, 6.07) is 11.6. The summed E-state index contributed by atoms with van der Waals surface area (Å²) in [6.07, 6.45) is 2.95. The molecule has 0 spiro atoms. The molecule has 0 aliphatic rings. The van der Waals surface area contributed by atoms with Gasteiger partial charge in [0.2, 0.25) is 5.88 Å². The first-order valence-electron chi connectivity index (χ1n) is 7.23. The first-order chi connectivity index (χ1) is 12.0. The zero-order valence-corrected chi connectivity index (χ0v) is 13.7. The molecule has 0 radical (unpaired) electrons. The van der Waals surface area contributed by atoms with Crippen LogP contribution in [-0.2, 0) is 0 Å². The number of primary amides is 1. The number of halogens is 1. The first-order valence-corrected chi connectivity index (χ1v) is 7.61. The number of pyridine rings is 2. The zero-order chi connectivity index (χ0) is 17.8. The number of hydrogen-bond donors (Lipinski definition) is 3. The Hall–Kier alpha value is -3.32. The zero-order valence-electron chi connectivity index (χ0n) is 12.9. The van der Waals surface area contributed by atoms with Crippen LogP contribution in [0.5, 0.6) is 11.6 Å². The van der Waals surface area contributed by atoms with E-state index >= 15 is 0 Å². The van der Waals surface area contributed by atoms with Crippen molar-refractivity contribution in [3.8, 4) is 22.8 Å². The molecule has 25 heavy (non-hydrogen) atoms. The standard InChI is InChI=1S/C17H14ClN5O2/c18-11-7-14(16(19)22-8-11)10-1-4-13(5-2-10)25-15-6-3-12(9-21-15)23-17(20)24/h1-9H,(H2,19,22)(H3,20,23,24). The summed E-state index contributed by atoms with van der Waals surface area (Å²) < 4.78 is 5.66. The second kappa shape index (κ2) is 7.06. The molecule has 0 saturated heterocycles. The van der Waals surface area contributed by atoms with Crippen molar-refractivity contribution in [2.45, 2.75) is 0 Å². The van der Waals surface area contributed by atoms with Gasteiger partial charge in [0.05, 0.1) is 16.9 Å². The highest BCUT2D eigenvalue weighted by molar-refractivity contribution is 6.30. The van der Waals surface area contributed by atoms with E-state index < -0.39 is 6.03 Å². The van der Waals surface area contributed by atoms with Gasteiger partial charge in [-0.2, -0.15) is 0 Å². The lowest BCUT2D eigenvalue weighted by molar-refractivity contribution is 0.259. The number of ether oxygens (including phenoxy) is 1. The number of rotatable bonds is 4. The van der Waals surface area contributed by atoms with Gasteiger partial charge in [-0.15, -0.1) is 0 Å². The lowest BCUT2D eigenvalue weighted by atomic mass is 10.1. The van der Waals surface area contributed by atoms with E-state index in [-0.39, 0.29) is 0 Å². The highest BCUT2D eigenvalue weighted by Crippen LogP contribution is 2.29. The Labute approximate surface area is 148 Å². The molecule has 0 atom stereocenters. The lowest BCUT2D eigenvalue weighted by Crippen LogP contribution is -2.19. The highest BCUT2D eigenvalue weighted by atomic mass is 35.5. The minimum absolute atomic E-state index is 0.381. The Morgan fingerprint density at radius 1 is 1.08 bits per heavy atom. The Morgan fingerprint density at radius 3 is 2.48 bits per heavy atom. The Bertz CT molecular complexity index is 898. The van der Waals surface area contributed by atoms with Crippen molar-refractivity contribution in [3.05, 3.63) is 59.9 Å². The molecule has 1 aromatic carbocycles. The van der Waals surface area contributed by atoms with Crippen molar-refractivity contribution in [1.82, 2.24) is 9.97 Å². The number of carbonyl (C=O) groups is 1. The summed E-state index contributed by atoms with van der Waals surface area (Å²) in [5.74, 6) is 1.38. The number of nitrogen functional groups attached to an aromatic ring is 1. The summed E-state index contributed by atoms with van der Waals surface area (Å²) in [5, 5.41) is 2.94. The Kier molecular flexibility index (Phi) is 4.67. The minimum Gasteiger partial charge on any atom is -0.439 e. The quantitative estimate of drug-likeness (QED) is 0.660. The lowest BCUT2D eigenvalue weighted by Gasteiger charge is -2.08. The summed E-state index contributed by atoms with van der Waals surface area (Å²) in [5.41, 5.74) is 13.0. The molecule has 126 valence electrons. The number of hydrogen-bond acceptors (Lipinski definition) is 5. The van der Waals surface area contributed by atoms with Crippen LogP contribution in [0.25, 0.3) is 11.1 Å². The number of carbonyl (C=O) groups excluding carboxylic acids is 1. The Balaban J connectivity index is 1.74. The van der Waals surface area contributed by atoms with Crippen LogP contribution >= 0.6 is 11.6 Å². The maximum absolute atomic E-state index is 10.8. The number of amides is 2. The van der Waals surface area contributed by atoms with Crippen LogP contribution in [0.3, 0.4) is 0 Å². The van der Waals surface area contributed by atoms with E-state index in [9.17, 15) is 4.79 Å². The van der Waals surface area contributed by atoms with E-state index in [0.717, 1.165) is 11.1 Å². The van der Waals surface area contributed by atoms with Gasteiger partial charge in [0.15, 0.2) is 0 Å². The topological polar surface area (TPSA) is 116 Å². The molecule has 0 aliphatic carbocycles. The van der Waals surface area contributed by atoms with Crippen LogP contribution < -0.4 is 21.5 Å². The molecule has 5 N–H and O–H groups in total. The van der Waals surface area contributed by atoms with E-state index in [1.165, 1.54) is 12.4 Å². The average molecular weight is 356 g/mol. The molecule has 2 aromatic heterocycles. The van der Waals surface area contributed by atoms with Crippen molar-refractivity contribution in [3.63, 3.8) is 0 Å². The average Bonchev–Trinajstić information content (AvgIpc) is 2.59. The van der Waals surface area contributed by atoms with Gasteiger partial charge in [0.1, 0.15) is 11.6 Å². The fourth-order valence-electron chi connectivity index (χ4n) is 2.16. The molecule has 2 amide bonds. The van der Waals surface area contributed by atoms with Crippen LogP contribution in [0, 0.1) is 0 Å². The molecule has 0 saturated carbocycles. The van der Waals surface area contributed by atoms with Gasteiger partial charge in [-0.05, 0) is 29.8 Å². The maximum atomic E-state index is 10.8. The number of benzene rings is 1. The molecule has 0 aliphatic heterocycles. The molecular weight excluding hydrogens is 342 g/mol.